The van der Waals surface area contributed by atoms with E-state index in [0.717, 1.165) is 24.8 Å². The van der Waals surface area contributed by atoms with Crippen LogP contribution in [0.1, 0.15) is 35.7 Å². The van der Waals surface area contributed by atoms with Crippen LogP contribution in [0.25, 0.3) is 0 Å². The lowest BCUT2D eigenvalue weighted by Crippen LogP contribution is -2.14. The molecule has 1 heterocycles. The molecular weight excluding hydrogens is 218 g/mol. The summed E-state index contributed by atoms with van der Waals surface area (Å²) in [4.78, 5) is 11.8. The van der Waals surface area contributed by atoms with Gasteiger partial charge in [0, 0.05) is 0 Å². The predicted molar refractivity (Wildman–Crippen MR) is 65.2 cm³/mol. The van der Waals surface area contributed by atoms with Crippen molar-refractivity contribution in [2.75, 3.05) is 18.9 Å². The third-order valence-corrected chi connectivity index (χ3v) is 2.77. The zero-order valence-electron chi connectivity index (χ0n) is 9.99. The van der Waals surface area contributed by atoms with E-state index in [9.17, 15) is 4.79 Å². The van der Waals surface area contributed by atoms with Crippen LogP contribution in [-0.4, -0.2) is 19.2 Å². The summed E-state index contributed by atoms with van der Waals surface area (Å²) >= 11 is 0. The Kier molecular flexibility index (Phi) is 3.52. The zero-order valence-corrected chi connectivity index (χ0v) is 9.99. The molecule has 2 N–H and O–H groups in total. The summed E-state index contributed by atoms with van der Waals surface area (Å²) in [5, 5.41) is 0. The van der Waals surface area contributed by atoms with Gasteiger partial charge in [0.15, 0.2) is 0 Å². The van der Waals surface area contributed by atoms with Gasteiger partial charge in [-0.3, -0.25) is 0 Å². The quantitative estimate of drug-likeness (QED) is 0.644. The van der Waals surface area contributed by atoms with Crippen LogP contribution in [0.4, 0.5) is 5.69 Å². The predicted octanol–water partition coefficient (Wildman–Crippen LogP) is 2.16. The molecule has 0 bridgehead atoms. The van der Waals surface area contributed by atoms with Gasteiger partial charge in [-0.1, -0.05) is 13.0 Å². The number of benzene rings is 1. The van der Waals surface area contributed by atoms with E-state index in [4.69, 9.17) is 15.2 Å². The second-order valence-corrected chi connectivity index (χ2v) is 4.10. The summed E-state index contributed by atoms with van der Waals surface area (Å²) < 4.78 is 10.6. The van der Waals surface area contributed by atoms with Crippen molar-refractivity contribution in [3.05, 3.63) is 23.3 Å². The molecule has 0 saturated heterocycles. The monoisotopic (exact) mass is 235 g/mol. The second kappa shape index (κ2) is 5.08. The molecule has 4 nitrogen and oxygen atoms in total. The van der Waals surface area contributed by atoms with E-state index < -0.39 is 0 Å². The fraction of sp³-hybridized carbons (Fsp3) is 0.462. The number of carbonyl (C=O) groups excluding carboxylic acids is 1. The van der Waals surface area contributed by atoms with Gasteiger partial charge in [-0.05, 0) is 30.9 Å². The molecular formula is C13H17NO3. The van der Waals surface area contributed by atoms with Gasteiger partial charge < -0.3 is 15.2 Å². The van der Waals surface area contributed by atoms with Crippen LogP contribution in [0.15, 0.2) is 12.1 Å². The van der Waals surface area contributed by atoms with E-state index >= 15 is 0 Å². The molecule has 0 aromatic heterocycles. The molecule has 0 spiro atoms. The Bertz CT molecular complexity index is 429. The Morgan fingerprint density at radius 2 is 2.35 bits per heavy atom. The normalized spacial score (nSPS) is 13.7. The molecule has 17 heavy (non-hydrogen) atoms. The molecule has 0 atom stereocenters. The number of carbonyl (C=O) groups is 1. The van der Waals surface area contributed by atoms with Crippen molar-refractivity contribution in [2.24, 2.45) is 0 Å². The molecule has 4 heteroatoms. The summed E-state index contributed by atoms with van der Waals surface area (Å²) in [6.45, 7) is 3.02. The highest BCUT2D eigenvalue weighted by Crippen LogP contribution is 2.33. The summed E-state index contributed by atoms with van der Waals surface area (Å²) in [6, 6.07) is 3.62. The minimum atomic E-state index is -0.374. The topological polar surface area (TPSA) is 61.5 Å². The summed E-state index contributed by atoms with van der Waals surface area (Å²) in [5.41, 5.74) is 7.83. The Morgan fingerprint density at radius 1 is 1.53 bits per heavy atom. The summed E-state index contributed by atoms with van der Waals surface area (Å²) in [6.07, 6.45) is 2.74. The molecule has 0 saturated carbocycles. The van der Waals surface area contributed by atoms with Crippen molar-refractivity contribution in [1.82, 2.24) is 0 Å². The summed E-state index contributed by atoms with van der Waals surface area (Å²) in [5.74, 6) is 0.281. The highest BCUT2D eigenvalue weighted by molar-refractivity contribution is 5.97. The van der Waals surface area contributed by atoms with Gasteiger partial charge in [-0.15, -0.1) is 0 Å². The first-order chi connectivity index (χ1) is 8.24. The molecule has 0 radical (unpaired) electrons. The van der Waals surface area contributed by atoms with Crippen LogP contribution in [-0.2, 0) is 11.2 Å². The third-order valence-electron chi connectivity index (χ3n) is 2.77. The largest absolute Gasteiger partial charge is 0.491 e. The molecule has 0 unspecified atom stereocenters. The molecule has 1 aromatic carbocycles. The number of nitrogens with two attached hydrogens (primary N) is 1. The van der Waals surface area contributed by atoms with Gasteiger partial charge in [-0.25, -0.2) is 4.79 Å². The first-order valence-electron chi connectivity index (χ1n) is 5.95. The maximum atomic E-state index is 11.8. The van der Waals surface area contributed by atoms with Crippen molar-refractivity contribution < 1.29 is 14.3 Å². The van der Waals surface area contributed by atoms with Crippen molar-refractivity contribution in [3.63, 3.8) is 0 Å². The first kappa shape index (κ1) is 11.8. The minimum Gasteiger partial charge on any atom is -0.491 e. The van der Waals surface area contributed by atoms with Crippen LogP contribution < -0.4 is 10.5 Å². The smallest absolute Gasteiger partial charge is 0.340 e. The standard InChI is InChI=1S/C13H17NO3/c1-2-7-17-13(15)10-6-5-9-4-3-8-16-12(9)11(10)14/h5-6H,2-4,7-8,14H2,1H3. The minimum absolute atomic E-state index is 0.374. The van der Waals surface area contributed by atoms with Gasteiger partial charge in [0.25, 0.3) is 0 Å². The fourth-order valence-corrected chi connectivity index (χ4v) is 1.90. The lowest BCUT2D eigenvalue weighted by Gasteiger charge is -2.20. The van der Waals surface area contributed by atoms with E-state index in [-0.39, 0.29) is 5.97 Å². The Balaban J connectivity index is 2.26. The average Bonchev–Trinajstić information content (AvgIpc) is 2.37. The first-order valence-corrected chi connectivity index (χ1v) is 5.95. The SMILES string of the molecule is CCCOC(=O)c1ccc2c(c1N)OCCC2. The van der Waals surface area contributed by atoms with Crippen LogP contribution >= 0.6 is 0 Å². The molecule has 92 valence electrons. The second-order valence-electron chi connectivity index (χ2n) is 4.10. The van der Waals surface area contributed by atoms with Gasteiger partial charge in [0.2, 0.25) is 0 Å². The number of hydrogen-bond acceptors (Lipinski definition) is 4. The zero-order chi connectivity index (χ0) is 12.3. The highest BCUT2D eigenvalue weighted by Gasteiger charge is 2.20. The van der Waals surface area contributed by atoms with E-state index in [0.29, 0.717) is 30.2 Å². The molecule has 0 fully saturated rings. The average molecular weight is 235 g/mol. The maximum absolute atomic E-state index is 11.8. The van der Waals surface area contributed by atoms with E-state index in [1.165, 1.54) is 0 Å². The fourth-order valence-electron chi connectivity index (χ4n) is 1.90. The number of esters is 1. The number of rotatable bonds is 3. The van der Waals surface area contributed by atoms with Gasteiger partial charge in [0.05, 0.1) is 24.5 Å². The Morgan fingerprint density at radius 3 is 3.12 bits per heavy atom. The Labute approximate surface area is 101 Å². The molecule has 2 rings (SSSR count). The lowest BCUT2D eigenvalue weighted by molar-refractivity contribution is 0.0506. The van der Waals surface area contributed by atoms with Crippen LogP contribution in [0, 0.1) is 0 Å². The van der Waals surface area contributed by atoms with Crippen molar-refractivity contribution in [2.45, 2.75) is 26.2 Å². The lowest BCUT2D eigenvalue weighted by atomic mass is 10.0. The van der Waals surface area contributed by atoms with Crippen LogP contribution in [0.2, 0.25) is 0 Å². The van der Waals surface area contributed by atoms with E-state index in [1.54, 1.807) is 6.07 Å². The van der Waals surface area contributed by atoms with Gasteiger partial charge in [0.1, 0.15) is 5.75 Å². The van der Waals surface area contributed by atoms with Crippen molar-refractivity contribution in [3.8, 4) is 5.75 Å². The number of aryl methyl sites for hydroxylation is 1. The molecule has 0 amide bonds. The van der Waals surface area contributed by atoms with Gasteiger partial charge >= 0.3 is 5.97 Å². The van der Waals surface area contributed by atoms with E-state index in [1.807, 2.05) is 13.0 Å². The number of ether oxygens (including phenoxy) is 2. The molecule has 1 aromatic rings. The molecule has 1 aliphatic rings. The van der Waals surface area contributed by atoms with Crippen LogP contribution in [0.5, 0.6) is 5.75 Å². The third kappa shape index (κ3) is 2.35. The number of hydrogen-bond donors (Lipinski definition) is 1. The van der Waals surface area contributed by atoms with Crippen molar-refractivity contribution in [1.29, 1.82) is 0 Å². The number of nitrogen functional groups attached to an aromatic ring is 1. The Hall–Kier alpha value is -1.71. The summed E-state index contributed by atoms with van der Waals surface area (Å²) in [7, 11) is 0. The maximum Gasteiger partial charge on any atom is 0.340 e. The highest BCUT2D eigenvalue weighted by atomic mass is 16.5. The molecule has 0 aliphatic carbocycles. The van der Waals surface area contributed by atoms with Crippen molar-refractivity contribution >= 4 is 11.7 Å². The van der Waals surface area contributed by atoms with Crippen LogP contribution in [0.3, 0.4) is 0 Å². The molecule has 1 aliphatic heterocycles. The number of fused-ring (bicyclic) bond motifs is 1. The number of anilines is 1. The van der Waals surface area contributed by atoms with Gasteiger partial charge in [-0.2, -0.15) is 0 Å². The van der Waals surface area contributed by atoms with E-state index in [2.05, 4.69) is 0 Å².